The molecule has 6 heteroatoms. The van der Waals surface area contributed by atoms with Crippen LogP contribution in [-0.4, -0.2) is 27.2 Å². The van der Waals surface area contributed by atoms with E-state index in [-0.39, 0.29) is 11.9 Å². The maximum Gasteiger partial charge on any atom is 0.260 e. The third kappa shape index (κ3) is 2.96. The summed E-state index contributed by atoms with van der Waals surface area (Å²) in [5.74, 6) is 0.479. The van der Waals surface area contributed by atoms with Gasteiger partial charge >= 0.3 is 0 Å². The van der Waals surface area contributed by atoms with Crippen molar-refractivity contribution in [1.82, 2.24) is 14.8 Å². The van der Waals surface area contributed by atoms with Crippen molar-refractivity contribution in [3.05, 3.63) is 36.3 Å². The largest absolute Gasteiger partial charge is 0.385 e. The summed E-state index contributed by atoms with van der Waals surface area (Å²) in [5, 5.41) is 10.2. The van der Waals surface area contributed by atoms with E-state index in [1.807, 2.05) is 20.8 Å². The molecule has 0 aliphatic rings. The number of rotatable bonds is 5. The van der Waals surface area contributed by atoms with Crippen LogP contribution in [0.2, 0.25) is 0 Å². The van der Waals surface area contributed by atoms with Gasteiger partial charge in [-0.15, -0.1) is 0 Å². The number of nitrogens with one attached hydrogen (secondary N) is 2. The zero-order chi connectivity index (χ0) is 14.5. The van der Waals surface area contributed by atoms with Gasteiger partial charge in [0.05, 0.1) is 17.4 Å². The van der Waals surface area contributed by atoms with Crippen molar-refractivity contribution in [3.63, 3.8) is 0 Å². The molecule has 0 radical (unpaired) electrons. The molecule has 2 heterocycles. The zero-order valence-electron chi connectivity index (χ0n) is 11.9. The lowest BCUT2D eigenvalue weighted by Crippen LogP contribution is -2.18. The van der Waals surface area contributed by atoms with E-state index in [0.29, 0.717) is 11.4 Å². The lowest BCUT2D eigenvalue weighted by molar-refractivity contribution is 0.102. The fraction of sp³-hybridized carbons (Fsp3) is 0.357. The third-order valence-corrected chi connectivity index (χ3v) is 2.83. The summed E-state index contributed by atoms with van der Waals surface area (Å²) in [4.78, 5) is 16.4. The molecule has 0 spiro atoms. The zero-order valence-corrected chi connectivity index (χ0v) is 11.9. The van der Waals surface area contributed by atoms with Crippen molar-refractivity contribution in [2.75, 3.05) is 17.2 Å². The molecule has 106 valence electrons. The molecule has 0 aliphatic carbocycles. The minimum atomic E-state index is -0.198. The predicted octanol–water partition coefficient (Wildman–Crippen LogP) is 2.54. The molecule has 2 N–H and O–H groups in total. The summed E-state index contributed by atoms with van der Waals surface area (Å²) in [5.41, 5.74) is 1.29. The highest BCUT2D eigenvalue weighted by molar-refractivity contribution is 6.07. The van der Waals surface area contributed by atoms with Gasteiger partial charge in [0.1, 0.15) is 5.82 Å². The molecule has 0 unspecified atom stereocenters. The molecular weight excluding hydrogens is 254 g/mol. The van der Waals surface area contributed by atoms with Crippen molar-refractivity contribution >= 4 is 17.4 Å². The maximum atomic E-state index is 12.4. The smallest absolute Gasteiger partial charge is 0.260 e. The Labute approximate surface area is 118 Å². The number of carbonyl (C=O) groups excluding carboxylic acids is 1. The van der Waals surface area contributed by atoms with Crippen molar-refractivity contribution in [2.24, 2.45) is 0 Å². The van der Waals surface area contributed by atoms with Crippen molar-refractivity contribution < 1.29 is 4.79 Å². The Morgan fingerprint density at radius 1 is 1.35 bits per heavy atom. The van der Waals surface area contributed by atoms with E-state index < -0.39 is 0 Å². The molecule has 0 saturated heterocycles. The van der Waals surface area contributed by atoms with Gasteiger partial charge in [-0.05, 0) is 26.8 Å². The maximum absolute atomic E-state index is 12.4. The van der Waals surface area contributed by atoms with Gasteiger partial charge in [-0.3, -0.25) is 9.78 Å². The number of hydrogen-bond donors (Lipinski definition) is 2. The first-order valence-electron chi connectivity index (χ1n) is 6.66. The fourth-order valence-electron chi connectivity index (χ4n) is 1.93. The van der Waals surface area contributed by atoms with Gasteiger partial charge in [-0.1, -0.05) is 0 Å². The number of amides is 1. The molecule has 0 bridgehead atoms. The second kappa shape index (κ2) is 6.18. The average Bonchev–Trinajstić information content (AvgIpc) is 2.88. The first-order chi connectivity index (χ1) is 9.63. The molecule has 20 heavy (non-hydrogen) atoms. The Balaban J connectivity index is 2.22. The normalized spacial score (nSPS) is 10.6. The van der Waals surface area contributed by atoms with E-state index in [1.54, 1.807) is 35.4 Å². The van der Waals surface area contributed by atoms with Crippen molar-refractivity contribution in [1.29, 1.82) is 0 Å². The van der Waals surface area contributed by atoms with Gasteiger partial charge in [0.25, 0.3) is 5.91 Å². The Morgan fingerprint density at radius 3 is 2.85 bits per heavy atom. The summed E-state index contributed by atoms with van der Waals surface area (Å²) in [6.45, 7) is 6.75. The topological polar surface area (TPSA) is 71.8 Å². The van der Waals surface area contributed by atoms with Gasteiger partial charge in [0.2, 0.25) is 0 Å². The molecule has 1 amide bonds. The molecule has 0 atom stereocenters. The van der Waals surface area contributed by atoms with Crippen LogP contribution >= 0.6 is 0 Å². The molecule has 6 nitrogen and oxygen atoms in total. The third-order valence-electron chi connectivity index (χ3n) is 2.83. The van der Waals surface area contributed by atoms with Crippen LogP contribution in [0.4, 0.5) is 11.5 Å². The summed E-state index contributed by atoms with van der Waals surface area (Å²) in [7, 11) is 0. The van der Waals surface area contributed by atoms with E-state index in [4.69, 9.17) is 0 Å². The minimum absolute atomic E-state index is 0.183. The molecule has 2 aromatic rings. The first-order valence-corrected chi connectivity index (χ1v) is 6.66. The van der Waals surface area contributed by atoms with E-state index in [0.717, 1.165) is 12.2 Å². The van der Waals surface area contributed by atoms with Crippen LogP contribution in [0.5, 0.6) is 0 Å². The molecule has 0 saturated carbocycles. The Kier molecular flexibility index (Phi) is 4.34. The number of anilines is 2. The van der Waals surface area contributed by atoms with Crippen molar-refractivity contribution in [2.45, 2.75) is 26.8 Å². The van der Waals surface area contributed by atoms with Crippen LogP contribution in [0.1, 0.15) is 37.2 Å². The highest BCUT2D eigenvalue weighted by Crippen LogP contribution is 2.18. The van der Waals surface area contributed by atoms with Gasteiger partial charge in [-0.2, -0.15) is 5.10 Å². The Hall–Kier alpha value is -2.37. The number of pyridine rings is 1. The van der Waals surface area contributed by atoms with Gasteiger partial charge < -0.3 is 10.6 Å². The lowest BCUT2D eigenvalue weighted by atomic mass is 10.2. The highest BCUT2D eigenvalue weighted by atomic mass is 16.1. The van der Waals surface area contributed by atoms with Gasteiger partial charge in [0, 0.05) is 31.0 Å². The monoisotopic (exact) mass is 273 g/mol. The number of hydrogen-bond acceptors (Lipinski definition) is 4. The molecule has 2 rings (SSSR count). The summed E-state index contributed by atoms with van der Waals surface area (Å²) in [6, 6.07) is 3.75. The van der Waals surface area contributed by atoms with Gasteiger partial charge in [0.15, 0.2) is 0 Å². The van der Waals surface area contributed by atoms with E-state index >= 15 is 0 Å². The molecule has 0 aliphatic heterocycles. The highest BCUT2D eigenvalue weighted by Gasteiger charge is 2.14. The average molecular weight is 273 g/mol. The van der Waals surface area contributed by atoms with Crippen LogP contribution in [0.3, 0.4) is 0 Å². The van der Waals surface area contributed by atoms with Crippen LogP contribution in [-0.2, 0) is 0 Å². The lowest BCUT2D eigenvalue weighted by Gasteiger charge is -2.13. The summed E-state index contributed by atoms with van der Waals surface area (Å²) >= 11 is 0. The standard InChI is InChI=1S/C14H19N5O/c1-4-16-12-5-7-15-9-11(12)14(20)18-13-6-8-17-19(13)10(2)3/h5-10H,4H2,1-3H3,(H,15,16)(H,18,20). The van der Waals surface area contributed by atoms with Crippen LogP contribution in [0.15, 0.2) is 30.7 Å². The predicted molar refractivity (Wildman–Crippen MR) is 79.0 cm³/mol. The summed E-state index contributed by atoms with van der Waals surface area (Å²) < 4.78 is 1.77. The van der Waals surface area contributed by atoms with Crippen LogP contribution < -0.4 is 10.6 Å². The quantitative estimate of drug-likeness (QED) is 0.878. The van der Waals surface area contributed by atoms with Gasteiger partial charge in [-0.25, -0.2) is 4.68 Å². The van der Waals surface area contributed by atoms with Crippen LogP contribution in [0.25, 0.3) is 0 Å². The fourth-order valence-corrected chi connectivity index (χ4v) is 1.93. The first kappa shape index (κ1) is 14.0. The molecule has 2 aromatic heterocycles. The molecule has 0 aromatic carbocycles. The number of nitrogens with zero attached hydrogens (tertiary/aromatic N) is 3. The SMILES string of the molecule is CCNc1ccncc1C(=O)Nc1ccnn1C(C)C. The van der Waals surface area contributed by atoms with Crippen LogP contribution in [0, 0.1) is 0 Å². The number of carbonyl (C=O) groups is 1. The minimum Gasteiger partial charge on any atom is -0.385 e. The van der Waals surface area contributed by atoms with E-state index in [9.17, 15) is 4.79 Å². The van der Waals surface area contributed by atoms with E-state index in [2.05, 4.69) is 20.7 Å². The second-order valence-corrected chi connectivity index (χ2v) is 4.66. The number of aromatic nitrogens is 3. The molecule has 0 fully saturated rings. The molecular formula is C14H19N5O. The Bertz CT molecular complexity index is 591. The Morgan fingerprint density at radius 2 is 2.15 bits per heavy atom. The van der Waals surface area contributed by atoms with E-state index in [1.165, 1.54) is 0 Å². The van der Waals surface area contributed by atoms with Crippen molar-refractivity contribution in [3.8, 4) is 0 Å². The summed E-state index contributed by atoms with van der Waals surface area (Å²) in [6.07, 6.45) is 4.89. The second-order valence-electron chi connectivity index (χ2n) is 4.66.